The molecule has 0 aromatic carbocycles. The maximum Gasteiger partial charge on any atom is 0.432 e. The molecule has 4 atom stereocenters. The summed E-state index contributed by atoms with van der Waals surface area (Å²) in [5.41, 5.74) is -1.36. The van der Waals surface area contributed by atoms with Crippen molar-refractivity contribution in [1.82, 2.24) is 5.32 Å². The summed E-state index contributed by atoms with van der Waals surface area (Å²) < 4.78 is 43.0. The van der Waals surface area contributed by atoms with E-state index in [9.17, 15) is 18.0 Å². The summed E-state index contributed by atoms with van der Waals surface area (Å²) in [6.45, 7) is 5.82. The topological polar surface area (TPSA) is 62.2 Å². The van der Waals surface area contributed by atoms with E-state index in [1.165, 1.54) is 7.05 Å². The molecule has 0 spiro atoms. The van der Waals surface area contributed by atoms with Crippen LogP contribution in [0.2, 0.25) is 0 Å². The minimum atomic E-state index is -4.72. The molecule has 0 aromatic heterocycles. The molecule has 126 valence electrons. The average molecular weight is 320 g/mol. The fraction of sp³-hybridized carbons (Fsp3) is 0.733. The van der Waals surface area contributed by atoms with Crippen LogP contribution in [0, 0.1) is 23.2 Å². The normalized spacial score (nSPS) is 30.5. The minimum Gasteiger partial charge on any atom is -0.456 e. The lowest BCUT2D eigenvalue weighted by molar-refractivity contribution is -0.148. The molecule has 22 heavy (non-hydrogen) atoms. The lowest BCUT2D eigenvalue weighted by atomic mass is 9.78. The zero-order valence-corrected chi connectivity index (χ0v) is 13.3. The molecular formula is C15H23F3N2O2. The van der Waals surface area contributed by atoms with E-state index in [2.05, 4.69) is 5.32 Å². The van der Waals surface area contributed by atoms with E-state index < -0.39 is 24.0 Å². The largest absolute Gasteiger partial charge is 0.456 e. The zero-order valence-electron chi connectivity index (χ0n) is 13.3. The Morgan fingerprint density at radius 2 is 2.00 bits per heavy atom. The van der Waals surface area contributed by atoms with E-state index >= 15 is 0 Å². The van der Waals surface area contributed by atoms with Gasteiger partial charge in [0.2, 0.25) is 0 Å². The van der Waals surface area contributed by atoms with Gasteiger partial charge in [-0.15, -0.1) is 0 Å². The second-order valence-electron chi connectivity index (χ2n) is 5.76. The van der Waals surface area contributed by atoms with Crippen LogP contribution in [0.4, 0.5) is 13.2 Å². The fourth-order valence-electron chi connectivity index (χ4n) is 2.80. The first-order valence-corrected chi connectivity index (χ1v) is 7.36. The van der Waals surface area contributed by atoms with Crippen LogP contribution < -0.4 is 5.32 Å². The van der Waals surface area contributed by atoms with E-state index in [4.69, 9.17) is 10.1 Å². The second-order valence-corrected chi connectivity index (χ2v) is 5.76. The van der Waals surface area contributed by atoms with Gasteiger partial charge in [0.25, 0.3) is 0 Å². The number of carbonyl (C=O) groups is 1. The number of nitrogens with one attached hydrogen (secondary N) is 2. The molecule has 1 aliphatic heterocycles. The van der Waals surface area contributed by atoms with Gasteiger partial charge in [0.05, 0.1) is 5.70 Å². The predicted molar refractivity (Wildman–Crippen MR) is 77.5 cm³/mol. The Morgan fingerprint density at radius 1 is 1.41 bits per heavy atom. The number of cyclic esters (lactones) is 1. The van der Waals surface area contributed by atoms with Crippen LogP contribution in [-0.4, -0.2) is 31.0 Å². The van der Waals surface area contributed by atoms with E-state index in [1.54, 1.807) is 0 Å². The fourth-order valence-corrected chi connectivity index (χ4v) is 2.80. The van der Waals surface area contributed by atoms with E-state index in [-0.39, 0.29) is 29.9 Å². The van der Waals surface area contributed by atoms with Gasteiger partial charge in [0, 0.05) is 19.4 Å². The lowest BCUT2D eigenvalue weighted by Crippen LogP contribution is -2.35. The van der Waals surface area contributed by atoms with Crippen molar-refractivity contribution in [1.29, 1.82) is 5.41 Å². The number of allylic oxidation sites excluding steroid dienone is 1. The summed E-state index contributed by atoms with van der Waals surface area (Å²) in [5, 5.41) is 9.76. The highest BCUT2D eigenvalue weighted by Crippen LogP contribution is 2.35. The van der Waals surface area contributed by atoms with Gasteiger partial charge in [-0.25, -0.2) is 0 Å². The Morgan fingerprint density at radius 3 is 2.45 bits per heavy atom. The second kappa shape index (κ2) is 7.15. The number of alkyl halides is 3. The van der Waals surface area contributed by atoms with Gasteiger partial charge in [-0.05, 0) is 17.9 Å². The van der Waals surface area contributed by atoms with Gasteiger partial charge in [-0.2, -0.15) is 13.2 Å². The van der Waals surface area contributed by atoms with Gasteiger partial charge in [0.15, 0.2) is 0 Å². The van der Waals surface area contributed by atoms with Crippen LogP contribution >= 0.6 is 0 Å². The molecular weight excluding hydrogens is 297 g/mol. The highest BCUT2D eigenvalue weighted by molar-refractivity contribution is 5.97. The summed E-state index contributed by atoms with van der Waals surface area (Å²) in [4.78, 5) is 11.9. The van der Waals surface area contributed by atoms with Crippen molar-refractivity contribution in [2.45, 2.75) is 45.9 Å². The number of hydrogen-bond acceptors (Lipinski definition) is 4. The summed E-state index contributed by atoms with van der Waals surface area (Å²) in [6, 6.07) is 0. The summed E-state index contributed by atoms with van der Waals surface area (Å²) in [6.07, 6.45) is -3.74. The third kappa shape index (κ3) is 4.24. The molecule has 1 fully saturated rings. The molecule has 0 aromatic rings. The average Bonchev–Trinajstić information content (AvgIpc) is 2.54. The van der Waals surface area contributed by atoms with Gasteiger partial charge >= 0.3 is 12.1 Å². The molecule has 2 unspecified atom stereocenters. The number of halogens is 3. The van der Waals surface area contributed by atoms with Gasteiger partial charge in [0.1, 0.15) is 11.8 Å². The van der Waals surface area contributed by atoms with Crippen molar-refractivity contribution in [3.05, 3.63) is 11.8 Å². The first-order valence-electron chi connectivity index (χ1n) is 7.36. The Hall–Kier alpha value is -1.53. The Kier molecular flexibility index (Phi) is 6.02. The molecule has 0 amide bonds. The number of hydrogen-bond donors (Lipinski definition) is 2. The number of carbonyl (C=O) groups excluding carboxylic acids is 1. The van der Waals surface area contributed by atoms with Gasteiger partial charge in [-0.3, -0.25) is 10.2 Å². The van der Waals surface area contributed by atoms with Crippen molar-refractivity contribution in [2.75, 3.05) is 7.05 Å². The minimum absolute atomic E-state index is 0.103. The van der Waals surface area contributed by atoms with Crippen LogP contribution in [-0.2, 0) is 9.53 Å². The number of likely N-dealkylation sites (N-methyl/N-ethyl adjacent to an activating group) is 1. The SMILES string of the molecule is CCC1CC(=O)O[C@H](/C(=C/C(=N)C(F)(F)F)NC)[C@H](C)C1C. The molecule has 4 nitrogen and oxygen atoms in total. The van der Waals surface area contributed by atoms with Crippen molar-refractivity contribution >= 4 is 11.7 Å². The van der Waals surface area contributed by atoms with Gasteiger partial charge in [-0.1, -0.05) is 27.2 Å². The van der Waals surface area contributed by atoms with E-state index in [0.717, 1.165) is 6.42 Å². The quantitative estimate of drug-likeness (QED) is 0.617. The summed E-state index contributed by atoms with van der Waals surface area (Å²) in [7, 11) is 1.46. The van der Waals surface area contributed by atoms with E-state index in [1.807, 2.05) is 20.8 Å². The number of esters is 1. The van der Waals surface area contributed by atoms with Crippen LogP contribution in [0.5, 0.6) is 0 Å². The number of rotatable bonds is 4. The predicted octanol–water partition coefficient (Wildman–Crippen LogP) is 3.29. The first kappa shape index (κ1) is 18.5. The molecule has 7 heteroatoms. The molecule has 1 aliphatic rings. The molecule has 0 saturated carbocycles. The summed E-state index contributed by atoms with van der Waals surface area (Å²) >= 11 is 0. The zero-order chi connectivity index (χ0) is 17.1. The molecule has 1 rings (SSSR count). The standard InChI is InChI=1S/C15H23F3N2O2/c1-5-10-6-13(21)22-14(9(3)8(10)2)11(20-4)7-12(19)15(16,17)18/h7-10,14,19-20H,5-6H2,1-4H3/b11-7-,19-12?/t8?,9-,10?,14+/m1/s1. The third-order valence-corrected chi connectivity index (χ3v) is 4.46. The third-order valence-electron chi connectivity index (χ3n) is 4.46. The highest BCUT2D eigenvalue weighted by Gasteiger charge is 2.39. The van der Waals surface area contributed by atoms with Crippen molar-refractivity contribution in [3.63, 3.8) is 0 Å². The molecule has 1 saturated heterocycles. The molecule has 1 heterocycles. The smallest absolute Gasteiger partial charge is 0.432 e. The molecule has 0 radical (unpaired) electrons. The van der Waals surface area contributed by atoms with E-state index in [0.29, 0.717) is 6.08 Å². The van der Waals surface area contributed by atoms with Crippen LogP contribution in [0.3, 0.4) is 0 Å². The van der Waals surface area contributed by atoms with Crippen molar-refractivity contribution in [2.24, 2.45) is 17.8 Å². The molecule has 0 bridgehead atoms. The first-order chi connectivity index (χ1) is 10.1. The number of ether oxygens (including phenoxy) is 1. The van der Waals surface area contributed by atoms with Crippen LogP contribution in [0.25, 0.3) is 0 Å². The molecule has 0 aliphatic carbocycles. The maximum atomic E-state index is 12.6. The lowest BCUT2D eigenvalue weighted by Gasteiger charge is -2.30. The Labute approximate surface area is 128 Å². The summed E-state index contributed by atoms with van der Waals surface area (Å²) in [5.74, 6) is -0.283. The van der Waals surface area contributed by atoms with Crippen LogP contribution in [0.1, 0.15) is 33.6 Å². The Balaban J connectivity index is 3.12. The Bertz CT molecular complexity index is 460. The van der Waals surface area contributed by atoms with Crippen molar-refractivity contribution < 1.29 is 22.7 Å². The van der Waals surface area contributed by atoms with Gasteiger partial charge < -0.3 is 10.1 Å². The highest BCUT2D eigenvalue weighted by atomic mass is 19.4. The monoisotopic (exact) mass is 320 g/mol. The molecule has 2 N–H and O–H groups in total. The van der Waals surface area contributed by atoms with Crippen LogP contribution in [0.15, 0.2) is 11.8 Å². The maximum absolute atomic E-state index is 12.6. The van der Waals surface area contributed by atoms with Crippen molar-refractivity contribution in [3.8, 4) is 0 Å².